The first kappa shape index (κ1) is 21.0. The third-order valence-corrected chi connectivity index (χ3v) is 4.98. The third kappa shape index (κ3) is 5.59. The van der Waals surface area contributed by atoms with Crippen LogP contribution in [0.2, 0.25) is 0 Å². The van der Waals surface area contributed by atoms with E-state index in [1.54, 1.807) is 0 Å². The molecule has 3 nitrogen and oxygen atoms in total. The lowest BCUT2D eigenvalue weighted by Gasteiger charge is -2.16. The maximum Gasteiger partial charge on any atom is 0.519 e. The number of rotatable bonds is 9. The summed E-state index contributed by atoms with van der Waals surface area (Å²) in [6, 6.07) is 11.7. The molecule has 0 unspecified atom stereocenters. The molecule has 0 aliphatic heterocycles. The van der Waals surface area contributed by atoms with Gasteiger partial charge in [-0.1, -0.05) is 64.8 Å². The molecule has 0 amide bonds. The van der Waals surface area contributed by atoms with Gasteiger partial charge in [-0.05, 0) is 66.5 Å². The summed E-state index contributed by atoms with van der Waals surface area (Å²) in [6.07, 6.45) is 6.39. The van der Waals surface area contributed by atoms with Gasteiger partial charge in [-0.25, -0.2) is 4.79 Å². The van der Waals surface area contributed by atoms with Gasteiger partial charge in [0.15, 0.2) is 0 Å². The van der Waals surface area contributed by atoms with Crippen molar-refractivity contribution >= 4 is 6.16 Å². The first-order valence-electron chi connectivity index (χ1n) is 10.3. The molecule has 0 saturated heterocycles. The SMILES string of the molecule is CCCCCc1ccccc1OC(=O)Oc1ccc(CC)c(CC)c1CC. The largest absolute Gasteiger partial charge is 0.519 e. The van der Waals surface area contributed by atoms with Crippen molar-refractivity contribution in [1.82, 2.24) is 0 Å². The second-order valence-electron chi connectivity index (χ2n) is 6.76. The van der Waals surface area contributed by atoms with Gasteiger partial charge in [-0.3, -0.25) is 0 Å². The van der Waals surface area contributed by atoms with Gasteiger partial charge < -0.3 is 9.47 Å². The van der Waals surface area contributed by atoms with Crippen molar-refractivity contribution in [3.63, 3.8) is 0 Å². The van der Waals surface area contributed by atoms with Crippen molar-refractivity contribution in [1.29, 1.82) is 0 Å². The number of carbonyl (C=O) groups excluding carboxylic acids is 1. The molecular formula is C24H32O3. The molecule has 0 heterocycles. The summed E-state index contributed by atoms with van der Waals surface area (Å²) in [4.78, 5) is 12.4. The number of benzene rings is 2. The maximum atomic E-state index is 12.4. The first-order valence-corrected chi connectivity index (χ1v) is 10.3. The fourth-order valence-electron chi connectivity index (χ4n) is 3.55. The molecule has 0 aliphatic carbocycles. The zero-order valence-corrected chi connectivity index (χ0v) is 17.1. The van der Waals surface area contributed by atoms with Crippen LogP contribution >= 0.6 is 0 Å². The Balaban J connectivity index is 2.15. The van der Waals surface area contributed by atoms with E-state index in [1.807, 2.05) is 30.3 Å². The lowest BCUT2D eigenvalue weighted by atomic mass is 9.95. The van der Waals surface area contributed by atoms with E-state index < -0.39 is 6.16 Å². The number of carbonyl (C=O) groups is 1. The fraction of sp³-hybridized carbons (Fsp3) is 0.458. The minimum absolute atomic E-state index is 0.595. The Labute approximate surface area is 163 Å². The minimum Gasteiger partial charge on any atom is -0.394 e. The lowest BCUT2D eigenvalue weighted by Crippen LogP contribution is -2.16. The van der Waals surface area contributed by atoms with E-state index in [0.717, 1.165) is 43.2 Å². The highest BCUT2D eigenvalue weighted by Crippen LogP contribution is 2.28. The van der Waals surface area contributed by atoms with Gasteiger partial charge >= 0.3 is 6.16 Å². The van der Waals surface area contributed by atoms with E-state index in [2.05, 4.69) is 33.8 Å². The average Bonchev–Trinajstić information content (AvgIpc) is 2.68. The molecule has 0 N–H and O–H groups in total. The second-order valence-corrected chi connectivity index (χ2v) is 6.76. The molecule has 0 spiro atoms. The van der Waals surface area contributed by atoms with E-state index >= 15 is 0 Å². The van der Waals surface area contributed by atoms with E-state index in [9.17, 15) is 4.79 Å². The number of ether oxygens (including phenoxy) is 2. The molecule has 2 rings (SSSR count). The van der Waals surface area contributed by atoms with Gasteiger partial charge in [0.25, 0.3) is 0 Å². The van der Waals surface area contributed by atoms with Gasteiger partial charge in [0.1, 0.15) is 11.5 Å². The van der Waals surface area contributed by atoms with Crippen molar-refractivity contribution in [2.45, 2.75) is 72.6 Å². The molecule has 27 heavy (non-hydrogen) atoms. The summed E-state index contributed by atoms with van der Waals surface area (Å²) in [5.74, 6) is 1.21. The normalized spacial score (nSPS) is 10.7. The molecule has 146 valence electrons. The number of para-hydroxylation sites is 1. The van der Waals surface area contributed by atoms with Crippen LogP contribution in [0.4, 0.5) is 4.79 Å². The summed E-state index contributed by atoms with van der Waals surface area (Å²) in [5, 5.41) is 0. The van der Waals surface area contributed by atoms with Crippen molar-refractivity contribution in [3.05, 3.63) is 58.7 Å². The molecule has 0 aliphatic rings. The Hall–Kier alpha value is -2.29. The van der Waals surface area contributed by atoms with Crippen molar-refractivity contribution in [2.24, 2.45) is 0 Å². The van der Waals surface area contributed by atoms with Crippen LogP contribution in [0.25, 0.3) is 0 Å². The smallest absolute Gasteiger partial charge is 0.394 e. The van der Waals surface area contributed by atoms with Crippen LogP contribution < -0.4 is 9.47 Å². The van der Waals surface area contributed by atoms with E-state index in [4.69, 9.17) is 9.47 Å². The number of hydrogen-bond donors (Lipinski definition) is 0. The van der Waals surface area contributed by atoms with Crippen LogP contribution in [-0.2, 0) is 25.7 Å². The van der Waals surface area contributed by atoms with Gasteiger partial charge in [-0.15, -0.1) is 0 Å². The van der Waals surface area contributed by atoms with Crippen LogP contribution in [0.15, 0.2) is 36.4 Å². The molecule has 0 radical (unpaired) electrons. The molecular weight excluding hydrogens is 336 g/mol. The number of aryl methyl sites for hydroxylation is 2. The lowest BCUT2D eigenvalue weighted by molar-refractivity contribution is 0.151. The van der Waals surface area contributed by atoms with Crippen LogP contribution in [0.3, 0.4) is 0 Å². The number of unbranched alkanes of at least 4 members (excludes halogenated alkanes) is 2. The Bertz CT molecular complexity index is 749. The highest BCUT2D eigenvalue weighted by Gasteiger charge is 2.16. The van der Waals surface area contributed by atoms with Crippen LogP contribution in [0, 0.1) is 0 Å². The zero-order valence-electron chi connectivity index (χ0n) is 17.1. The molecule has 3 heteroatoms. The summed E-state index contributed by atoms with van der Waals surface area (Å²) in [5.41, 5.74) is 4.75. The Kier molecular flexibility index (Phi) is 8.38. The number of hydrogen-bond acceptors (Lipinski definition) is 3. The van der Waals surface area contributed by atoms with Crippen molar-refractivity contribution in [2.75, 3.05) is 0 Å². The standard InChI is InChI=1S/C24H32O3/c1-5-9-10-13-19-14-11-12-15-22(19)26-24(25)27-23-17-16-18(6-2)20(7-3)21(23)8-4/h11-12,14-17H,5-10,13H2,1-4H3. The highest BCUT2D eigenvalue weighted by molar-refractivity contribution is 5.68. The van der Waals surface area contributed by atoms with Crippen LogP contribution in [0.5, 0.6) is 11.5 Å². The van der Waals surface area contributed by atoms with Crippen molar-refractivity contribution in [3.8, 4) is 11.5 Å². The molecule has 2 aromatic carbocycles. The molecule has 0 aromatic heterocycles. The zero-order chi connectivity index (χ0) is 19.6. The minimum atomic E-state index is -0.668. The summed E-state index contributed by atoms with van der Waals surface area (Å²) in [7, 11) is 0. The summed E-state index contributed by atoms with van der Waals surface area (Å²) >= 11 is 0. The van der Waals surface area contributed by atoms with Gasteiger partial charge in [-0.2, -0.15) is 0 Å². The van der Waals surface area contributed by atoms with Gasteiger partial charge in [0.05, 0.1) is 0 Å². The van der Waals surface area contributed by atoms with Crippen molar-refractivity contribution < 1.29 is 14.3 Å². The summed E-state index contributed by atoms with van der Waals surface area (Å²) in [6.45, 7) is 8.56. The van der Waals surface area contributed by atoms with E-state index in [0.29, 0.717) is 11.5 Å². The van der Waals surface area contributed by atoms with Crippen LogP contribution in [-0.4, -0.2) is 6.16 Å². The predicted octanol–water partition coefficient (Wildman–Crippen LogP) is 6.68. The topological polar surface area (TPSA) is 35.5 Å². The molecule has 0 fully saturated rings. The fourth-order valence-corrected chi connectivity index (χ4v) is 3.55. The molecule has 2 aromatic rings. The highest BCUT2D eigenvalue weighted by atomic mass is 16.7. The molecule has 0 saturated carbocycles. The average molecular weight is 369 g/mol. The Morgan fingerprint density at radius 2 is 1.44 bits per heavy atom. The Morgan fingerprint density at radius 3 is 2.11 bits per heavy atom. The molecule has 0 bridgehead atoms. The maximum absolute atomic E-state index is 12.4. The third-order valence-electron chi connectivity index (χ3n) is 4.98. The predicted molar refractivity (Wildman–Crippen MR) is 111 cm³/mol. The second kappa shape index (κ2) is 10.8. The summed E-state index contributed by atoms with van der Waals surface area (Å²) < 4.78 is 11.2. The van der Waals surface area contributed by atoms with Gasteiger partial charge in [0.2, 0.25) is 0 Å². The first-order chi connectivity index (χ1) is 13.1. The van der Waals surface area contributed by atoms with Crippen LogP contribution in [0.1, 0.15) is 69.2 Å². The van der Waals surface area contributed by atoms with Gasteiger partial charge in [0, 0.05) is 0 Å². The van der Waals surface area contributed by atoms with E-state index in [-0.39, 0.29) is 0 Å². The molecule has 0 atom stereocenters. The van der Waals surface area contributed by atoms with E-state index in [1.165, 1.54) is 24.0 Å². The Morgan fingerprint density at radius 1 is 0.741 bits per heavy atom. The quantitative estimate of drug-likeness (QED) is 0.281. The monoisotopic (exact) mass is 368 g/mol.